The van der Waals surface area contributed by atoms with Gasteiger partial charge >= 0.3 is 6.03 Å². The molecule has 0 radical (unpaired) electrons. The van der Waals surface area contributed by atoms with E-state index in [9.17, 15) is 9.59 Å². The molecule has 170 valence electrons. The molecule has 6 heteroatoms. The first-order valence-electron chi connectivity index (χ1n) is 12.2. The largest absolute Gasteiger partial charge is 0.341 e. The van der Waals surface area contributed by atoms with Gasteiger partial charge in [0.1, 0.15) is 0 Å². The summed E-state index contributed by atoms with van der Waals surface area (Å²) in [4.78, 5) is 32.7. The smallest absolute Gasteiger partial charge is 0.321 e. The van der Waals surface area contributed by atoms with Gasteiger partial charge in [0.05, 0.1) is 6.04 Å². The van der Waals surface area contributed by atoms with E-state index >= 15 is 0 Å². The molecular formula is C25H38N4O2. The van der Waals surface area contributed by atoms with E-state index in [2.05, 4.69) is 22.0 Å². The molecule has 1 N–H and O–H groups in total. The van der Waals surface area contributed by atoms with E-state index in [1.54, 1.807) is 0 Å². The second-order valence-electron chi connectivity index (χ2n) is 9.82. The molecule has 1 aliphatic carbocycles. The van der Waals surface area contributed by atoms with Gasteiger partial charge in [0.25, 0.3) is 0 Å². The van der Waals surface area contributed by atoms with Gasteiger partial charge in [-0.1, -0.05) is 37.5 Å². The summed E-state index contributed by atoms with van der Waals surface area (Å²) in [6.07, 6.45) is 7.05. The van der Waals surface area contributed by atoms with Crippen molar-refractivity contribution in [2.24, 2.45) is 11.8 Å². The molecule has 1 aromatic rings. The number of nitrogens with one attached hydrogen (secondary N) is 1. The molecule has 3 amide bonds. The Bertz CT molecular complexity index is 743. The Morgan fingerprint density at radius 3 is 2.10 bits per heavy atom. The average molecular weight is 427 g/mol. The van der Waals surface area contributed by atoms with Crippen LogP contribution in [0.15, 0.2) is 24.3 Å². The van der Waals surface area contributed by atoms with Gasteiger partial charge in [0.15, 0.2) is 0 Å². The molecule has 2 heterocycles. The fourth-order valence-corrected chi connectivity index (χ4v) is 5.39. The molecule has 3 aliphatic rings. The topological polar surface area (TPSA) is 55.9 Å². The molecule has 0 unspecified atom stereocenters. The van der Waals surface area contributed by atoms with Crippen molar-refractivity contribution in [1.82, 2.24) is 14.7 Å². The number of amides is 3. The number of nitrogens with zero attached hydrogens (tertiary/aromatic N) is 3. The number of anilines is 1. The third-order valence-electron chi connectivity index (χ3n) is 7.49. The second-order valence-corrected chi connectivity index (χ2v) is 9.82. The Morgan fingerprint density at radius 2 is 1.48 bits per heavy atom. The van der Waals surface area contributed by atoms with Gasteiger partial charge in [-0.2, -0.15) is 0 Å². The third-order valence-corrected chi connectivity index (χ3v) is 7.49. The lowest BCUT2D eigenvalue weighted by molar-refractivity contribution is -0.141. The van der Waals surface area contributed by atoms with Crippen molar-refractivity contribution in [1.29, 1.82) is 0 Å². The number of hydrogen-bond acceptors (Lipinski definition) is 3. The number of likely N-dealkylation sites (tertiary alicyclic amines) is 1. The Labute approximate surface area is 187 Å². The number of hydrogen-bond donors (Lipinski definition) is 1. The highest BCUT2D eigenvalue weighted by Gasteiger charge is 2.39. The maximum absolute atomic E-state index is 13.6. The van der Waals surface area contributed by atoms with Gasteiger partial charge in [-0.15, -0.1) is 0 Å². The van der Waals surface area contributed by atoms with E-state index in [0.717, 1.165) is 63.5 Å². The molecule has 3 fully saturated rings. The average Bonchev–Trinajstić information content (AvgIpc) is 3.31. The molecular weight excluding hydrogens is 388 g/mol. The van der Waals surface area contributed by atoms with Crippen molar-refractivity contribution in [3.63, 3.8) is 0 Å². The number of urea groups is 1. The Kier molecular flexibility index (Phi) is 7.16. The molecule has 0 bridgehead atoms. The van der Waals surface area contributed by atoms with Gasteiger partial charge in [-0.25, -0.2) is 4.79 Å². The van der Waals surface area contributed by atoms with Gasteiger partial charge in [-0.3, -0.25) is 9.69 Å². The summed E-state index contributed by atoms with van der Waals surface area (Å²) in [5, 5.41) is 3.01. The van der Waals surface area contributed by atoms with Gasteiger partial charge < -0.3 is 15.1 Å². The summed E-state index contributed by atoms with van der Waals surface area (Å²) in [7, 11) is 0. The number of aryl methyl sites for hydroxylation is 1. The van der Waals surface area contributed by atoms with Crippen LogP contribution in [0.2, 0.25) is 0 Å². The van der Waals surface area contributed by atoms with Crippen LogP contribution in [0.3, 0.4) is 0 Å². The van der Waals surface area contributed by atoms with Crippen LogP contribution in [0, 0.1) is 18.8 Å². The first-order chi connectivity index (χ1) is 15.0. The van der Waals surface area contributed by atoms with Crippen molar-refractivity contribution >= 4 is 17.6 Å². The van der Waals surface area contributed by atoms with Crippen LogP contribution in [0.4, 0.5) is 10.5 Å². The zero-order valence-corrected chi connectivity index (χ0v) is 19.2. The van der Waals surface area contributed by atoms with E-state index in [-0.39, 0.29) is 12.1 Å². The summed E-state index contributed by atoms with van der Waals surface area (Å²) >= 11 is 0. The second kappa shape index (κ2) is 10.0. The number of piperazine rings is 1. The first kappa shape index (κ1) is 22.1. The van der Waals surface area contributed by atoms with E-state index in [4.69, 9.17) is 0 Å². The quantitative estimate of drug-likeness (QED) is 0.793. The van der Waals surface area contributed by atoms with Crippen LogP contribution in [0.25, 0.3) is 0 Å². The third kappa shape index (κ3) is 5.40. The van der Waals surface area contributed by atoms with E-state index in [1.807, 2.05) is 36.1 Å². The molecule has 0 aromatic heterocycles. The molecule has 4 rings (SSSR count). The lowest BCUT2D eigenvalue weighted by Crippen LogP contribution is -2.59. The first-order valence-corrected chi connectivity index (χ1v) is 12.2. The lowest BCUT2D eigenvalue weighted by Gasteiger charge is -2.43. The zero-order chi connectivity index (χ0) is 21.8. The molecule has 1 atom stereocenters. The molecule has 0 spiro atoms. The number of benzene rings is 1. The maximum atomic E-state index is 13.6. The van der Waals surface area contributed by atoms with Crippen LogP contribution in [-0.2, 0) is 4.79 Å². The summed E-state index contributed by atoms with van der Waals surface area (Å²) < 4.78 is 0. The van der Waals surface area contributed by atoms with E-state index in [1.165, 1.54) is 18.4 Å². The molecule has 1 saturated carbocycles. The zero-order valence-electron chi connectivity index (χ0n) is 19.2. The fourth-order valence-electron chi connectivity index (χ4n) is 5.39. The number of carbonyl (C=O) groups excluding carboxylic acids is 2. The maximum Gasteiger partial charge on any atom is 0.321 e. The highest BCUT2D eigenvalue weighted by atomic mass is 16.2. The molecule has 1 aromatic carbocycles. The summed E-state index contributed by atoms with van der Waals surface area (Å²) in [6.45, 7) is 9.03. The number of rotatable bonds is 4. The van der Waals surface area contributed by atoms with Crippen LogP contribution >= 0.6 is 0 Å². The SMILES string of the molecule is Cc1ccc(NC(=O)N2CCN([C@H](C(=O)N3CCC(C)CC3)C3CCCC3)CC2)cc1. The predicted molar refractivity (Wildman–Crippen MR) is 124 cm³/mol. The van der Waals surface area contributed by atoms with Crippen LogP contribution in [0.5, 0.6) is 0 Å². The van der Waals surface area contributed by atoms with Crippen LogP contribution in [0.1, 0.15) is 51.0 Å². The predicted octanol–water partition coefficient (Wildman–Crippen LogP) is 3.96. The Balaban J connectivity index is 1.36. The number of carbonyl (C=O) groups is 2. The van der Waals surface area contributed by atoms with Gasteiger partial charge in [0.2, 0.25) is 5.91 Å². The van der Waals surface area contributed by atoms with Crippen molar-refractivity contribution in [2.45, 2.75) is 58.4 Å². The summed E-state index contributed by atoms with van der Waals surface area (Å²) in [5.74, 6) is 1.54. The van der Waals surface area contributed by atoms with Gasteiger partial charge in [0, 0.05) is 45.0 Å². The standard InChI is InChI=1S/C25H38N4O2/c1-19-7-9-22(10-8-19)26-25(31)29-17-15-27(16-18-29)23(21-5-3-4-6-21)24(30)28-13-11-20(2)12-14-28/h7-10,20-21,23H,3-6,11-18H2,1-2H3,(H,26,31)/t23-/m0/s1. The minimum atomic E-state index is -0.0442. The van der Waals surface area contributed by atoms with Crippen molar-refractivity contribution in [3.8, 4) is 0 Å². The van der Waals surface area contributed by atoms with Crippen molar-refractivity contribution < 1.29 is 9.59 Å². The summed E-state index contributed by atoms with van der Waals surface area (Å²) in [5.41, 5.74) is 2.01. The molecule has 6 nitrogen and oxygen atoms in total. The van der Waals surface area contributed by atoms with Crippen LogP contribution < -0.4 is 5.32 Å². The van der Waals surface area contributed by atoms with Gasteiger partial charge in [-0.05, 0) is 56.6 Å². The van der Waals surface area contributed by atoms with E-state index < -0.39 is 0 Å². The summed E-state index contributed by atoms with van der Waals surface area (Å²) in [6, 6.07) is 7.85. The normalized spacial score (nSPS) is 22.5. The molecule has 2 aliphatic heterocycles. The molecule has 31 heavy (non-hydrogen) atoms. The Hall–Kier alpha value is -2.08. The minimum Gasteiger partial charge on any atom is -0.341 e. The van der Waals surface area contributed by atoms with E-state index in [0.29, 0.717) is 24.9 Å². The minimum absolute atomic E-state index is 0.00165. The number of piperidine rings is 1. The van der Waals surface area contributed by atoms with Crippen molar-refractivity contribution in [2.75, 3.05) is 44.6 Å². The highest BCUT2D eigenvalue weighted by Crippen LogP contribution is 2.32. The lowest BCUT2D eigenvalue weighted by atomic mass is 9.92. The fraction of sp³-hybridized carbons (Fsp3) is 0.680. The highest BCUT2D eigenvalue weighted by molar-refractivity contribution is 5.89. The monoisotopic (exact) mass is 426 g/mol. The Morgan fingerprint density at radius 1 is 0.871 bits per heavy atom. The van der Waals surface area contributed by atoms with Crippen molar-refractivity contribution in [3.05, 3.63) is 29.8 Å². The van der Waals surface area contributed by atoms with Crippen LogP contribution in [-0.4, -0.2) is 71.9 Å². The molecule has 2 saturated heterocycles.